The average molecular weight is 347 g/mol. The molecule has 0 heterocycles. The third-order valence-electron chi connectivity index (χ3n) is 2.92. The van der Waals surface area contributed by atoms with Crippen molar-refractivity contribution in [1.29, 1.82) is 0 Å². The van der Waals surface area contributed by atoms with Gasteiger partial charge in [0.1, 0.15) is 0 Å². The Balaban J connectivity index is 2.15. The van der Waals surface area contributed by atoms with Gasteiger partial charge >= 0.3 is 0 Å². The van der Waals surface area contributed by atoms with E-state index in [0.29, 0.717) is 0 Å². The first-order valence-corrected chi connectivity index (χ1v) is 7.12. The minimum atomic E-state index is 0.0105. The van der Waals surface area contributed by atoms with Crippen LogP contribution >= 0.6 is 31.9 Å². The van der Waals surface area contributed by atoms with Crippen LogP contribution < -0.4 is 5.32 Å². The molecule has 86 valence electrons. The number of amides is 1. The van der Waals surface area contributed by atoms with Gasteiger partial charge in [-0.2, -0.15) is 0 Å². The van der Waals surface area contributed by atoms with Crippen molar-refractivity contribution < 1.29 is 4.79 Å². The molecule has 1 aliphatic rings. The number of nitrogens with one attached hydrogen (secondary N) is 1. The monoisotopic (exact) mass is 345 g/mol. The van der Waals surface area contributed by atoms with Crippen LogP contribution in [0.4, 0.5) is 0 Å². The summed E-state index contributed by atoms with van der Waals surface area (Å²) in [4.78, 5) is 12.0. The van der Waals surface area contributed by atoms with Crippen LogP contribution in [-0.4, -0.2) is 16.8 Å². The van der Waals surface area contributed by atoms with Crippen LogP contribution in [0.5, 0.6) is 0 Å². The maximum atomic E-state index is 12.0. The van der Waals surface area contributed by atoms with E-state index >= 15 is 0 Å². The zero-order chi connectivity index (χ0) is 11.8. The topological polar surface area (TPSA) is 29.1 Å². The second-order valence-corrected chi connectivity index (χ2v) is 5.80. The molecule has 1 aromatic carbocycles. The van der Waals surface area contributed by atoms with Gasteiger partial charge < -0.3 is 5.32 Å². The minimum Gasteiger partial charge on any atom is -0.346 e. The maximum Gasteiger partial charge on any atom is 0.252 e. The minimum absolute atomic E-state index is 0.0105. The normalized spacial score (nSPS) is 16.9. The van der Waals surface area contributed by atoms with Gasteiger partial charge in [0, 0.05) is 15.4 Å². The molecule has 4 heteroatoms. The summed E-state index contributed by atoms with van der Waals surface area (Å²) in [5.41, 5.74) is 1.77. The Morgan fingerprint density at radius 3 is 2.69 bits per heavy atom. The quantitative estimate of drug-likeness (QED) is 0.835. The largest absolute Gasteiger partial charge is 0.346 e. The van der Waals surface area contributed by atoms with Gasteiger partial charge in [-0.15, -0.1) is 0 Å². The van der Waals surface area contributed by atoms with Gasteiger partial charge in [-0.3, -0.25) is 4.79 Å². The van der Waals surface area contributed by atoms with Crippen LogP contribution in [0.25, 0.3) is 0 Å². The fraction of sp³-hybridized carbons (Fsp3) is 0.417. The second-order valence-electron chi connectivity index (χ2n) is 4.33. The number of alkyl halides is 1. The SMILES string of the molecule is Cc1cc(Br)ccc1C(=O)NC1(CBr)CC1. The summed E-state index contributed by atoms with van der Waals surface area (Å²) in [5, 5.41) is 3.93. The van der Waals surface area contributed by atoms with E-state index in [2.05, 4.69) is 37.2 Å². The van der Waals surface area contributed by atoms with Gasteiger partial charge in [-0.25, -0.2) is 0 Å². The molecular weight excluding hydrogens is 334 g/mol. The standard InChI is InChI=1S/C12H13Br2NO/c1-8-6-9(14)2-3-10(8)11(16)15-12(7-13)4-5-12/h2-3,6H,4-5,7H2,1H3,(H,15,16). The molecule has 1 aliphatic carbocycles. The van der Waals surface area contributed by atoms with E-state index in [4.69, 9.17) is 0 Å². The zero-order valence-corrected chi connectivity index (χ0v) is 12.2. The molecule has 0 aliphatic heterocycles. The highest BCUT2D eigenvalue weighted by Gasteiger charge is 2.43. The summed E-state index contributed by atoms with van der Waals surface area (Å²) in [5.74, 6) is 0.0296. The predicted molar refractivity (Wildman–Crippen MR) is 72.1 cm³/mol. The first-order valence-electron chi connectivity index (χ1n) is 5.21. The Labute approximate surface area is 112 Å². The molecule has 0 bridgehead atoms. The van der Waals surface area contributed by atoms with E-state index in [9.17, 15) is 4.79 Å². The molecule has 1 saturated carbocycles. The summed E-state index contributed by atoms with van der Waals surface area (Å²) >= 11 is 6.84. The van der Waals surface area contributed by atoms with Gasteiger partial charge in [0.25, 0.3) is 5.91 Å². The molecule has 0 atom stereocenters. The van der Waals surface area contributed by atoms with Crippen molar-refractivity contribution >= 4 is 37.8 Å². The molecule has 1 amide bonds. The van der Waals surface area contributed by atoms with Crippen molar-refractivity contribution in [3.05, 3.63) is 33.8 Å². The molecule has 0 saturated heterocycles. The molecule has 2 nitrogen and oxygen atoms in total. The lowest BCUT2D eigenvalue weighted by Crippen LogP contribution is -2.38. The predicted octanol–water partition coefficient (Wildman–Crippen LogP) is 3.41. The summed E-state index contributed by atoms with van der Waals surface area (Å²) in [7, 11) is 0. The fourth-order valence-corrected chi connectivity index (χ4v) is 2.81. The van der Waals surface area contributed by atoms with Crippen molar-refractivity contribution in [1.82, 2.24) is 5.32 Å². The molecule has 1 aromatic rings. The molecule has 0 spiro atoms. The first-order chi connectivity index (χ1) is 7.56. The molecular formula is C12H13Br2NO. The Morgan fingerprint density at radius 1 is 1.50 bits per heavy atom. The van der Waals surface area contributed by atoms with Crippen LogP contribution in [0.1, 0.15) is 28.8 Å². The van der Waals surface area contributed by atoms with E-state index in [1.165, 1.54) is 0 Å². The summed E-state index contributed by atoms with van der Waals surface area (Å²) in [6.07, 6.45) is 2.14. The molecule has 2 rings (SSSR count). The number of halogens is 2. The van der Waals surface area contributed by atoms with Crippen LogP contribution in [0, 0.1) is 6.92 Å². The number of hydrogen-bond acceptors (Lipinski definition) is 1. The van der Waals surface area contributed by atoms with Crippen molar-refractivity contribution in [2.75, 3.05) is 5.33 Å². The number of hydrogen-bond donors (Lipinski definition) is 1. The Bertz CT molecular complexity index is 427. The van der Waals surface area contributed by atoms with E-state index in [1.54, 1.807) is 0 Å². The molecule has 0 aromatic heterocycles. The van der Waals surface area contributed by atoms with Crippen LogP contribution in [-0.2, 0) is 0 Å². The Hall–Kier alpha value is -0.350. The summed E-state index contributed by atoms with van der Waals surface area (Å²) in [6, 6.07) is 5.72. The smallest absolute Gasteiger partial charge is 0.252 e. The van der Waals surface area contributed by atoms with Crippen molar-refractivity contribution in [2.24, 2.45) is 0 Å². The van der Waals surface area contributed by atoms with Crippen molar-refractivity contribution in [3.8, 4) is 0 Å². The van der Waals surface area contributed by atoms with Gasteiger partial charge in [-0.05, 0) is 43.5 Å². The van der Waals surface area contributed by atoms with Crippen LogP contribution in [0.2, 0.25) is 0 Å². The Kier molecular flexibility index (Phi) is 3.40. The lowest BCUT2D eigenvalue weighted by Gasteiger charge is -2.15. The third kappa shape index (κ3) is 2.48. The summed E-state index contributed by atoms with van der Waals surface area (Å²) < 4.78 is 1.00. The lowest BCUT2D eigenvalue weighted by molar-refractivity contribution is 0.0936. The number of benzene rings is 1. The second kappa shape index (κ2) is 4.49. The number of aryl methyl sites for hydroxylation is 1. The van der Waals surface area contributed by atoms with E-state index in [1.807, 2.05) is 25.1 Å². The molecule has 0 unspecified atom stereocenters. The highest BCUT2D eigenvalue weighted by atomic mass is 79.9. The van der Waals surface area contributed by atoms with E-state index < -0.39 is 0 Å². The molecule has 16 heavy (non-hydrogen) atoms. The van der Waals surface area contributed by atoms with Crippen LogP contribution in [0.15, 0.2) is 22.7 Å². The molecule has 1 N–H and O–H groups in total. The maximum absolute atomic E-state index is 12.0. The van der Waals surface area contributed by atoms with Gasteiger partial charge in [-0.1, -0.05) is 31.9 Å². The first kappa shape index (κ1) is 12.1. The highest BCUT2D eigenvalue weighted by Crippen LogP contribution is 2.37. The number of carbonyl (C=O) groups is 1. The van der Waals surface area contributed by atoms with Crippen molar-refractivity contribution in [3.63, 3.8) is 0 Å². The van der Waals surface area contributed by atoms with E-state index in [0.717, 1.165) is 33.8 Å². The van der Waals surface area contributed by atoms with Crippen molar-refractivity contribution in [2.45, 2.75) is 25.3 Å². The van der Waals surface area contributed by atoms with Gasteiger partial charge in [0.05, 0.1) is 5.54 Å². The van der Waals surface area contributed by atoms with Gasteiger partial charge in [0.15, 0.2) is 0 Å². The zero-order valence-electron chi connectivity index (χ0n) is 9.02. The van der Waals surface area contributed by atoms with Crippen LogP contribution in [0.3, 0.4) is 0 Å². The Morgan fingerprint density at radius 2 is 2.19 bits per heavy atom. The van der Waals surface area contributed by atoms with E-state index in [-0.39, 0.29) is 11.4 Å². The van der Waals surface area contributed by atoms with Gasteiger partial charge in [0.2, 0.25) is 0 Å². The third-order valence-corrected chi connectivity index (χ3v) is 4.49. The average Bonchev–Trinajstić information content (AvgIpc) is 2.98. The highest BCUT2D eigenvalue weighted by molar-refractivity contribution is 9.10. The number of carbonyl (C=O) groups excluding carboxylic acids is 1. The number of rotatable bonds is 3. The lowest BCUT2D eigenvalue weighted by atomic mass is 10.1. The molecule has 0 radical (unpaired) electrons. The fourth-order valence-electron chi connectivity index (χ4n) is 1.63. The molecule has 1 fully saturated rings. The summed E-state index contributed by atoms with van der Waals surface area (Å²) in [6.45, 7) is 1.95.